The zero-order chi connectivity index (χ0) is 19.9. The van der Waals surface area contributed by atoms with Crippen molar-refractivity contribution in [1.29, 1.82) is 0 Å². The summed E-state index contributed by atoms with van der Waals surface area (Å²) in [6.07, 6.45) is -4.41. The minimum atomic E-state index is -4.41. The van der Waals surface area contributed by atoms with Gasteiger partial charge in [-0.3, -0.25) is 9.59 Å². The van der Waals surface area contributed by atoms with Crippen molar-refractivity contribution in [2.75, 3.05) is 26.8 Å². The molecule has 0 radical (unpaired) electrons. The van der Waals surface area contributed by atoms with Gasteiger partial charge in [-0.2, -0.15) is 13.2 Å². The third-order valence-corrected chi connectivity index (χ3v) is 3.68. The Kier molecular flexibility index (Phi) is 6.95. The summed E-state index contributed by atoms with van der Waals surface area (Å²) in [7, 11) is 1.41. The van der Waals surface area contributed by atoms with E-state index in [4.69, 9.17) is 0 Å². The van der Waals surface area contributed by atoms with Crippen molar-refractivity contribution < 1.29 is 27.5 Å². The van der Waals surface area contributed by atoms with Crippen LogP contribution in [-0.4, -0.2) is 38.6 Å². The summed E-state index contributed by atoms with van der Waals surface area (Å²) in [5, 5.41) is 5.21. The minimum Gasteiger partial charge on any atom is -0.375 e. The lowest BCUT2D eigenvalue weighted by Gasteiger charge is -2.10. The van der Waals surface area contributed by atoms with E-state index < -0.39 is 11.7 Å². The van der Waals surface area contributed by atoms with Crippen LogP contribution in [-0.2, 0) is 15.7 Å². The molecule has 0 aliphatic heterocycles. The average molecular weight is 380 g/mol. The summed E-state index contributed by atoms with van der Waals surface area (Å²) < 4.78 is 43.1. The predicted molar refractivity (Wildman–Crippen MR) is 94.1 cm³/mol. The molecule has 2 aromatic rings. The van der Waals surface area contributed by atoms with E-state index in [2.05, 4.69) is 15.4 Å². The first-order valence-corrected chi connectivity index (χ1v) is 8.13. The number of ether oxygens (including phenoxy) is 1. The van der Waals surface area contributed by atoms with Gasteiger partial charge in [0.15, 0.2) is 0 Å². The molecule has 2 rings (SSSR count). The molecule has 0 spiro atoms. The molecule has 2 N–H and O–H groups in total. The van der Waals surface area contributed by atoms with Gasteiger partial charge in [0.2, 0.25) is 5.91 Å². The number of benzene rings is 2. The largest absolute Gasteiger partial charge is 0.416 e. The number of amides is 2. The van der Waals surface area contributed by atoms with Gasteiger partial charge in [0.05, 0.1) is 5.56 Å². The molecule has 0 unspecified atom stereocenters. The first-order valence-electron chi connectivity index (χ1n) is 8.13. The molecule has 0 saturated carbocycles. The standard InChI is InChI=1S/C19H19F3N2O3/c1-27-12-17(25)23-9-10-24-18(26)14-7-5-13(6-8-14)15-3-2-4-16(11-15)19(20,21)22/h2-8,11H,9-10,12H2,1H3,(H,23,25)(H,24,26). The van der Waals surface area contributed by atoms with Gasteiger partial charge in [0.25, 0.3) is 5.91 Å². The van der Waals surface area contributed by atoms with Gasteiger partial charge in [-0.25, -0.2) is 0 Å². The van der Waals surface area contributed by atoms with Crippen LogP contribution in [0.25, 0.3) is 11.1 Å². The highest BCUT2D eigenvalue weighted by Crippen LogP contribution is 2.32. The Hall–Kier alpha value is -2.87. The van der Waals surface area contributed by atoms with Crippen LogP contribution in [0.2, 0.25) is 0 Å². The molecule has 0 heterocycles. The topological polar surface area (TPSA) is 67.4 Å². The number of nitrogens with one attached hydrogen (secondary N) is 2. The molecule has 5 nitrogen and oxygen atoms in total. The van der Waals surface area contributed by atoms with Crippen molar-refractivity contribution in [3.8, 4) is 11.1 Å². The third-order valence-electron chi connectivity index (χ3n) is 3.68. The van der Waals surface area contributed by atoms with E-state index in [1.165, 1.54) is 25.3 Å². The molecule has 8 heteroatoms. The van der Waals surface area contributed by atoms with Crippen molar-refractivity contribution in [3.63, 3.8) is 0 Å². The Morgan fingerprint density at radius 3 is 2.26 bits per heavy atom. The van der Waals surface area contributed by atoms with E-state index in [9.17, 15) is 22.8 Å². The fraction of sp³-hybridized carbons (Fsp3) is 0.263. The number of alkyl halides is 3. The molecule has 0 bridgehead atoms. The molecule has 0 atom stereocenters. The second kappa shape index (κ2) is 9.18. The molecule has 0 aromatic heterocycles. The Balaban J connectivity index is 1.95. The number of hydrogen-bond donors (Lipinski definition) is 2. The van der Waals surface area contributed by atoms with Gasteiger partial charge in [-0.15, -0.1) is 0 Å². The molecular formula is C19H19F3N2O3. The summed E-state index contributed by atoms with van der Waals surface area (Å²) in [6, 6.07) is 11.2. The number of halogens is 3. The highest BCUT2D eigenvalue weighted by atomic mass is 19.4. The van der Waals surface area contributed by atoms with Gasteiger partial charge in [-0.1, -0.05) is 24.3 Å². The maximum atomic E-state index is 12.8. The predicted octanol–water partition coefficient (Wildman–Crippen LogP) is 2.86. The second-order valence-corrected chi connectivity index (χ2v) is 5.69. The fourth-order valence-electron chi connectivity index (χ4n) is 2.35. The van der Waals surface area contributed by atoms with Gasteiger partial charge in [0, 0.05) is 25.8 Å². The van der Waals surface area contributed by atoms with E-state index in [0.717, 1.165) is 12.1 Å². The van der Waals surface area contributed by atoms with E-state index in [1.54, 1.807) is 18.2 Å². The minimum absolute atomic E-state index is 0.0506. The molecule has 0 aliphatic rings. The number of rotatable bonds is 7. The summed E-state index contributed by atoms with van der Waals surface area (Å²) in [5.74, 6) is -0.622. The van der Waals surface area contributed by atoms with Gasteiger partial charge in [0.1, 0.15) is 6.61 Å². The van der Waals surface area contributed by atoms with E-state index in [1.807, 2.05) is 0 Å². The summed E-state index contributed by atoms with van der Waals surface area (Å²) in [6.45, 7) is 0.449. The summed E-state index contributed by atoms with van der Waals surface area (Å²) in [4.78, 5) is 23.2. The molecule has 2 aromatic carbocycles. The zero-order valence-corrected chi connectivity index (χ0v) is 14.6. The Labute approximate surface area is 154 Å². The third kappa shape index (κ3) is 6.10. The smallest absolute Gasteiger partial charge is 0.375 e. The number of hydrogen-bond acceptors (Lipinski definition) is 3. The van der Waals surface area contributed by atoms with Crippen molar-refractivity contribution in [2.45, 2.75) is 6.18 Å². The number of methoxy groups -OCH3 is 1. The molecule has 144 valence electrons. The van der Waals surface area contributed by atoms with Crippen LogP contribution < -0.4 is 10.6 Å². The van der Waals surface area contributed by atoms with Crippen LogP contribution in [0.3, 0.4) is 0 Å². The van der Waals surface area contributed by atoms with Crippen LogP contribution in [0.1, 0.15) is 15.9 Å². The second-order valence-electron chi connectivity index (χ2n) is 5.69. The maximum Gasteiger partial charge on any atom is 0.416 e. The van der Waals surface area contributed by atoms with Crippen LogP contribution in [0.5, 0.6) is 0 Å². The van der Waals surface area contributed by atoms with E-state index in [0.29, 0.717) is 16.7 Å². The maximum absolute atomic E-state index is 12.8. The highest BCUT2D eigenvalue weighted by Gasteiger charge is 2.30. The molecule has 2 amide bonds. The molecule has 0 aliphatic carbocycles. The van der Waals surface area contributed by atoms with Crippen LogP contribution >= 0.6 is 0 Å². The monoisotopic (exact) mass is 380 g/mol. The van der Waals surface area contributed by atoms with Gasteiger partial charge >= 0.3 is 6.18 Å². The van der Waals surface area contributed by atoms with Crippen LogP contribution in [0.15, 0.2) is 48.5 Å². The average Bonchev–Trinajstić information content (AvgIpc) is 2.65. The van der Waals surface area contributed by atoms with Crippen molar-refractivity contribution in [1.82, 2.24) is 10.6 Å². The molecule has 27 heavy (non-hydrogen) atoms. The molecule has 0 saturated heterocycles. The normalized spacial score (nSPS) is 11.1. The zero-order valence-electron chi connectivity index (χ0n) is 14.6. The first-order chi connectivity index (χ1) is 12.8. The van der Waals surface area contributed by atoms with E-state index >= 15 is 0 Å². The molecular weight excluding hydrogens is 361 g/mol. The Bertz CT molecular complexity index is 790. The van der Waals surface area contributed by atoms with Crippen molar-refractivity contribution in [3.05, 3.63) is 59.7 Å². The van der Waals surface area contributed by atoms with Crippen molar-refractivity contribution in [2.24, 2.45) is 0 Å². The first kappa shape index (κ1) is 20.4. The lowest BCUT2D eigenvalue weighted by molar-refractivity contribution is -0.137. The quantitative estimate of drug-likeness (QED) is 0.726. The summed E-state index contributed by atoms with van der Waals surface area (Å²) >= 11 is 0. The molecule has 0 fully saturated rings. The Morgan fingerprint density at radius 2 is 1.63 bits per heavy atom. The lowest BCUT2D eigenvalue weighted by Crippen LogP contribution is -2.36. The van der Waals surface area contributed by atoms with Crippen molar-refractivity contribution >= 4 is 11.8 Å². The highest BCUT2D eigenvalue weighted by molar-refractivity contribution is 5.94. The SMILES string of the molecule is COCC(=O)NCCNC(=O)c1ccc(-c2cccc(C(F)(F)F)c2)cc1. The Morgan fingerprint density at radius 1 is 0.963 bits per heavy atom. The summed E-state index contributed by atoms with van der Waals surface area (Å²) in [5.41, 5.74) is 0.633. The van der Waals surface area contributed by atoms with Crippen LogP contribution in [0.4, 0.5) is 13.2 Å². The number of carbonyl (C=O) groups is 2. The van der Waals surface area contributed by atoms with Crippen LogP contribution in [0, 0.1) is 0 Å². The lowest BCUT2D eigenvalue weighted by atomic mass is 10.0. The van der Waals surface area contributed by atoms with E-state index in [-0.39, 0.29) is 31.5 Å². The number of carbonyl (C=O) groups excluding carboxylic acids is 2. The fourth-order valence-corrected chi connectivity index (χ4v) is 2.35. The van der Waals surface area contributed by atoms with Gasteiger partial charge in [-0.05, 0) is 35.4 Å². The van der Waals surface area contributed by atoms with Gasteiger partial charge < -0.3 is 15.4 Å².